The van der Waals surface area contributed by atoms with E-state index >= 15 is 0 Å². The molecule has 2 nitrogen and oxygen atoms in total. The molecule has 0 heterocycles. The lowest BCUT2D eigenvalue weighted by molar-refractivity contribution is 0.300. The topological polar surface area (TPSA) is 32.3 Å². The van der Waals surface area contributed by atoms with Crippen molar-refractivity contribution in [2.75, 3.05) is 13.2 Å². The molecule has 84 valence electrons. The number of benzene rings is 1. The fraction of sp³-hybridized carbons (Fsp3) is 0.500. The normalized spacial score (nSPS) is 12.7. The van der Waals surface area contributed by atoms with E-state index in [9.17, 15) is 0 Å². The molecular weight excluding hydrogens is 206 g/mol. The standard InChI is InChI=1S/C12H19NOS/c1-3-13-8-11-6-4-5-7-12(11)15-10(2)9-14/h4-7,10,13-14H,3,8-9H2,1-2H3. The minimum absolute atomic E-state index is 0.222. The van der Waals surface area contributed by atoms with Crippen molar-refractivity contribution in [1.82, 2.24) is 5.32 Å². The minimum atomic E-state index is 0.222. The summed E-state index contributed by atoms with van der Waals surface area (Å²) in [6, 6.07) is 8.35. The molecule has 1 aromatic rings. The van der Waals surface area contributed by atoms with Crippen LogP contribution in [0.25, 0.3) is 0 Å². The summed E-state index contributed by atoms with van der Waals surface area (Å²) in [6.07, 6.45) is 0. The summed E-state index contributed by atoms with van der Waals surface area (Å²) in [5, 5.41) is 12.6. The smallest absolute Gasteiger partial charge is 0.0550 e. The van der Waals surface area contributed by atoms with Gasteiger partial charge in [-0.2, -0.15) is 0 Å². The number of aliphatic hydroxyl groups excluding tert-OH is 1. The molecule has 3 heteroatoms. The van der Waals surface area contributed by atoms with Gasteiger partial charge in [0.05, 0.1) is 6.61 Å². The van der Waals surface area contributed by atoms with Crippen molar-refractivity contribution in [3.63, 3.8) is 0 Å². The summed E-state index contributed by atoms with van der Waals surface area (Å²) in [4.78, 5) is 1.26. The molecule has 0 aliphatic rings. The first kappa shape index (κ1) is 12.6. The molecule has 0 fully saturated rings. The molecule has 0 radical (unpaired) electrons. The predicted molar refractivity (Wildman–Crippen MR) is 66.2 cm³/mol. The van der Waals surface area contributed by atoms with Crippen LogP contribution in [-0.2, 0) is 6.54 Å². The molecule has 0 aliphatic heterocycles. The van der Waals surface area contributed by atoms with Crippen molar-refractivity contribution in [3.05, 3.63) is 29.8 Å². The van der Waals surface area contributed by atoms with E-state index in [1.165, 1.54) is 10.5 Å². The highest BCUT2D eigenvalue weighted by Gasteiger charge is 2.06. The Morgan fingerprint density at radius 2 is 2.13 bits per heavy atom. The monoisotopic (exact) mass is 225 g/mol. The van der Waals surface area contributed by atoms with Gasteiger partial charge < -0.3 is 10.4 Å². The zero-order valence-corrected chi connectivity index (χ0v) is 10.2. The van der Waals surface area contributed by atoms with Crippen molar-refractivity contribution < 1.29 is 5.11 Å². The lowest BCUT2D eigenvalue weighted by Crippen LogP contribution is -2.13. The molecule has 1 unspecified atom stereocenters. The lowest BCUT2D eigenvalue weighted by atomic mass is 10.2. The quantitative estimate of drug-likeness (QED) is 0.728. The van der Waals surface area contributed by atoms with Crippen LogP contribution in [0, 0.1) is 0 Å². The Morgan fingerprint density at radius 3 is 2.80 bits per heavy atom. The average Bonchev–Trinajstić information content (AvgIpc) is 2.28. The third-order valence-corrected chi connectivity index (χ3v) is 3.33. The van der Waals surface area contributed by atoms with Gasteiger partial charge >= 0.3 is 0 Å². The molecule has 15 heavy (non-hydrogen) atoms. The Bertz CT molecular complexity index is 291. The van der Waals surface area contributed by atoms with Crippen molar-refractivity contribution in [2.24, 2.45) is 0 Å². The molecule has 1 aromatic carbocycles. The molecule has 0 saturated carbocycles. The summed E-state index contributed by atoms with van der Waals surface area (Å²) in [7, 11) is 0. The van der Waals surface area contributed by atoms with E-state index in [4.69, 9.17) is 5.11 Å². The lowest BCUT2D eigenvalue weighted by Gasteiger charge is -2.12. The van der Waals surface area contributed by atoms with Crippen LogP contribution in [0.3, 0.4) is 0 Å². The van der Waals surface area contributed by atoms with Crippen molar-refractivity contribution in [1.29, 1.82) is 0 Å². The van der Waals surface area contributed by atoms with E-state index in [2.05, 4.69) is 30.4 Å². The third kappa shape index (κ3) is 4.24. The van der Waals surface area contributed by atoms with E-state index in [0.29, 0.717) is 0 Å². The molecule has 0 aromatic heterocycles. The van der Waals surface area contributed by atoms with E-state index in [-0.39, 0.29) is 11.9 Å². The summed E-state index contributed by atoms with van der Waals surface area (Å²) >= 11 is 1.73. The molecule has 2 N–H and O–H groups in total. The second kappa shape index (κ2) is 6.88. The fourth-order valence-electron chi connectivity index (χ4n) is 1.28. The highest BCUT2D eigenvalue weighted by Crippen LogP contribution is 2.26. The van der Waals surface area contributed by atoms with Gasteiger partial charge in [-0.25, -0.2) is 0 Å². The Labute approximate surface area is 96.1 Å². The third-order valence-electron chi connectivity index (χ3n) is 2.12. The molecule has 1 atom stereocenters. The maximum atomic E-state index is 9.03. The highest BCUT2D eigenvalue weighted by molar-refractivity contribution is 8.00. The minimum Gasteiger partial charge on any atom is -0.395 e. The van der Waals surface area contributed by atoms with E-state index in [1.807, 2.05) is 13.0 Å². The highest BCUT2D eigenvalue weighted by atomic mass is 32.2. The van der Waals surface area contributed by atoms with Crippen LogP contribution < -0.4 is 5.32 Å². The largest absolute Gasteiger partial charge is 0.395 e. The van der Waals surface area contributed by atoms with Crippen LogP contribution in [-0.4, -0.2) is 23.5 Å². The first-order valence-electron chi connectivity index (χ1n) is 5.34. The summed E-state index contributed by atoms with van der Waals surface area (Å²) in [5.74, 6) is 0. The number of nitrogens with one attached hydrogen (secondary N) is 1. The molecule has 0 bridgehead atoms. The van der Waals surface area contributed by atoms with Gasteiger partial charge in [-0.05, 0) is 18.2 Å². The van der Waals surface area contributed by atoms with Gasteiger partial charge in [-0.1, -0.05) is 32.0 Å². The summed E-state index contributed by atoms with van der Waals surface area (Å²) in [6.45, 7) is 6.24. The van der Waals surface area contributed by atoms with Gasteiger partial charge in [-0.15, -0.1) is 11.8 Å². The number of thioether (sulfide) groups is 1. The maximum Gasteiger partial charge on any atom is 0.0550 e. The summed E-state index contributed by atoms with van der Waals surface area (Å²) in [5.41, 5.74) is 1.31. The van der Waals surface area contributed by atoms with Gasteiger partial charge in [-0.3, -0.25) is 0 Å². The maximum absolute atomic E-state index is 9.03. The second-order valence-electron chi connectivity index (χ2n) is 3.50. The fourth-order valence-corrected chi connectivity index (χ4v) is 2.24. The van der Waals surface area contributed by atoms with Crippen molar-refractivity contribution in [2.45, 2.75) is 30.5 Å². The predicted octanol–water partition coefficient (Wildman–Crippen LogP) is 2.27. The molecular formula is C12H19NOS. The molecule has 0 spiro atoms. The van der Waals surface area contributed by atoms with Gasteiger partial charge in [0.1, 0.15) is 0 Å². The van der Waals surface area contributed by atoms with Gasteiger partial charge in [0.15, 0.2) is 0 Å². The number of rotatable bonds is 6. The second-order valence-corrected chi connectivity index (χ2v) is 4.98. The number of hydrogen-bond donors (Lipinski definition) is 2. The van der Waals surface area contributed by atoms with E-state index in [0.717, 1.165) is 13.1 Å². The van der Waals surface area contributed by atoms with E-state index in [1.54, 1.807) is 11.8 Å². The van der Waals surface area contributed by atoms with Gasteiger partial charge in [0.25, 0.3) is 0 Å². The van der Waals surface area contributed by atoms with Crippen molar-refractivity contribution >= 4 is 11.8 Å². The van der Waals surface area contributed by atoms with Crippen molar-refractivity contribution in [3.8, 4) is 0 Å². The first-order valence-corrected chi connectivity index (χ1v) is 6.22. The Kier molecular flexibility index (Phi) is 5.76. The van der Waals surface area contributed by atoms with Crippen LogP contribution in [0.1, 0.15) is 19.4 Å². The summed E-state index contributed by atoms with van der Waals surface area (Å²) < 4.78 is 0. The Balaban J connectivity index is 2.67. The number of aliphatic hydroxyl groups is 1. The molecule has 0 saturated heterocycles. The zero-order valence-electron chi connectivity index (χ0n) is 9.36. The van der Waals surface area contributed by atoms with Crippen LogP contribution in [0.15, 0.2) is 29.2 Å². The van der Waals surface area contributed by atoms with E-state index < -0.39 is 0 Å². The molecule has 0 aliphatic carbocycles. The zero-order chi connectivity index (χ0) is 11.1. The molecule has 0 amide bonds. The van der Waals surface area contributed by atoms with Crippen LogP contribution in [0.4, 0.5) is 0 Å². The first-order chi connectivity index (χ1) is 7.27. The average molecular weight is 225 g/mol. The SMILES string of the molecule is CCNCc1ccccc1SC(C)CO. The Hall–Kier alpha value is -0.510. The van der Waals surface area contributed by atoms with Crippen LogP contribution >= 0.6 is 11.8 Å². The number of hydrogen-bond acceptors (Lipinski definition) is 3. The van der Waals surface area contributed by atoms with Crippen LogP contribution in [0.5, 0.6) is 0 Å². The molecule has 1 rings (SSSR count). The Morgan fingerprint density at radius 1 is 1.40 bits per heavy atom. The van der Waals surface area contributed by atoms with Crippen LogP contribution in [0.2, 0.25) is 0 Å². The van der Waals surface area contributed by atoms with Gasteiger partial charge in [0.2, 0.25) is 0 Å². The van der Waals surface area contributed by atoms with Gasteiger partial charge in [0, 0.05) is 16.7 Å².